The molecule has 6 unspecified atom stereocenters. The number of carbonyl (C=O) groups is 4. The van der Waals surface area contributed by atoms with Crippen molar-refractivity contribution in [2.45, 2.75) is 120 Å². The molecule has 412 valence electrons. The van der Waals surface area contributed by atoms with Crippen molar-refractivity contribution >= 4 is 51.5 Å². The molecule has 8 rings (SSSR count). The van der Waals surface area contributed by atoms with Gasteiger partial charge in [-0.1, -0.05) is 55.1 Å². The molecule has 5 aromatic rings. The minimum absolute atomic E-state index is 0.00207. The van der Waals surface area contributed by atoms with Crippen LogP contribution in [0.4, 0.5) is 18.9 Å². The highest BCUT2D eigenvalue weighted by molar-refractivity contribution is 7.85. The lowest BCUT2D eigenvalue weighted by atomic mass is 9.91. The molecule has 5 heterocycles. The molecule has 2 aromatic heterocycles. The van der Waals surface area contributed by atoms with Gasteiger partial charge in [-0.3, -0.25) is 23.4 Å². The standard InChI is InChI=1S/C57H63F3N8O8S2/c1-34(2)51(49-26-35(3)65-76-49)54(72)68-31-44(69)28-48(68)53(71)64-47(39-10-12-40(13-11-39)52-36(4)62-33-77-52)29-50(70)67-24-20-43(21-25-67)66-22-18-38(19-23-66)7-6-37-8-16-45(17-9-37)78(75)32-56(5,74)55(73)63-42-15-14-41(30-61)46(27-42)57(58,59)60/h8-17,26-27,33-34,38,43-44,47-48,51,69,74H,18-25,28-29,31-32H2,1-5H3,(H,63,73)(H,64,71). The van der Waals surface area contributed by atoms with Gasteiger partial charge in [0.1, 0.15) is 17.7 Å². The zero-order chi connectivity index (χ0) is 56.1. The Morgan fingerprint density at radius 1 is 0.962 bits per heavy atom. The number of halogens is 3. The number of thiazole rings is 1. The first kappa shape index (κ1) is 57.4. The number of β-amino-alcohol motifs (C(OH)–C–C–N with tert-alkyl or cyclic N) is 1. The number of carbonyl (C=O) groups excluding carboxylic acids is 4. The highest BCUT2D eigenvalue weighted by Crippen LogP contribution is 2.36. The molecule has 21 heteroatoms. The Kier molecular flexibility index (Phi) is 18.0. The lowest BCUT2D eigenvalue weighted by Crippen LogP contribution is -2.50. The summed E-state index contributed by atoms with van der Waals surface area (Å²) in [5.41, 5.74) is 1.37. The van der Waals surface area contributed by atoms with E-state index in [-0.39, 0.29) is 54.8 Å². The second-order valence-electron chi connectivity index (χ2n) is 20.9. The fourth-order valence-electron chi connectivity index (χ4n) is 10.4. The fourth-order valence-corrected chi connectivity index (χ4v) is 12.5. The van der Waals surface area contributed by atoms with Crippen LogP contribution in [0, 0.1) is 48.9 Å². The topological polar surface area (TPSA) is 222 Å². The summed E-state index contributed by atoms with van der Waals surface area (Å²) in [5, 5.41) is 40.1. The van der Waals surface area contributed by atoms with Crippen LogP contribution in [0.5, 0.6) is 0 Å². The van der Waals surface area contributed by atoms with Crippen molar-refractivity contribution in [2.75, 3.05) is 43.8 Å². The monoisotopic (exact) mass is 1110 g/mol. The summed E-state index contributed by atoms with van der Waals surface area (Å²) in [6.45, 7) is 11.4. The third-order valence-corrected chi connectivity index (χ3v) is 17.4. The predicted octanol–water partition coefficient (Wildman–Crippen LogP) is 7.51. The van der Waals surface area contributed by atoms with Crippen molar-refractivity contribution in [3.05, 3.63) is 118 Å². The Hall–Kier alpha value is -6.75. The summed E-state index contributed by atoms with van der Waals surface area (Å²) in [7, 11) is -1.86. The zero-order valence-corrected chi connectivity index (χ0v) is 45.6. The maximum Gasteiger partial charge on any atom is 0.417 e. The molecule has 4 N–H and O–H groups in total. The number of aliphatic hydroxyl groups is 2. The maximum absolute atomic E-state index is 14.3. The molecule has 78 heavy (non-hydrogen) atoms. The smallest absolute Gasteiger partial charge is 0.391 e. The number of aromatic nitrogens is 2. The number of nitrogens with one attached hydrogen (secondary N) is 2. The SMILES string of the molecule is Cc1cc(C(C(=O)N2CC(O)CC2C(=O)NC(CC(=O)N2CCC(N3CCC(C#Cc4ccc(S(=O)CC(C)(O)C(=O)Nc5ccc(C#N)c(C(F)(F)F)c5)cc4)CC3)CC2)c2ccc(-c3scnc3C)cc2)C(C)C)on1. The third kappa shape index (κ3) is 13.7. The highest BCUT2D eigenvalue weighted by Gasteiger charge is 2.44. The van der Waals surface area contributed by atoms with E-state index in [0.29, 0.717) is 41.1 Å². The van der Waals surface area contributed by atoms with E-state index in [9.17, 15) is 46.8 Å². The molecular formula is C57H63F3N8O8S2. The van der Waals surface area contributed by atoms with Crippen LogP contribution >= 0.6 is 11.3 Å². The van der Waals surface area contributed by atoms with Gasteiger partial charge in [0.15, 0.2) is 5.60 Å². The number of hydrogen-bond acceptors (Lipinski definition) is 13. The number of aryl methyl sites for hydroxylation is 2. The van der Waals surface area contributed by atoms with Gasteiger partial charge in [0.25, 0.3) is 5.91 Å². The summed E-state index contributed by atoms with van der Waals surface area (Å²) in [6.07, 6.45) is -2.43. The number of amides is 4. The van der Waals surface area contributed by atoms with E-state index in [0.717, 1.165) is 79.5 Å². The van der Waals surface area contributed by atoms with Crippen LogP contribution in [0.2, 0.25) is 0 Å². The maximum atomic E-state index is 14.3. The van der Waals surface area contributed by atoms with Crippen LogP contribution in [0.25, 0.3) is 10.4 Å². The summed E-state index contributed by atoms with van der Waals surface area (Å²) < 4.78 is 59.1. The predicted molar refractivity (Wildman–Crippen MR) is 287 cm³/mol. The first-order chi connectivity index (χ1) is 37.1. The number of nitriles is 1. The van der Waals surface area contributed by atoms with Gasteiger partial charge in [-0.05, 0) is 119 Å². The number of aliphatic hydroxyl groups excluding tert-OH is 1. The average molecular weight is 1110 g/mol. The molecule has 3 aliphatic rings. The van der Waals surface area contributed by atoms with Gasteiger partial charge in [-0.25, -0.2) is 4.98 Å². The zero-order valence-electron chi connectivity index (χ0n) is 44.0. The molecular weight excluding hydrogens is 1050 g/mol. The van der Waals surface area contributed by atoms with Gasteiger partial charge in [-0.2, -0.15) is 18.4 Å². The van der Waals surface area contributed by atoms with Gasteiger partial charge in [0.2, 0.25) is 17.7 Å². The summed E-state index contributed by atoms with van der Waals surface area (Å²) in [5.74, 6) is 3.76. The molecule has 3 aliphatic heterocycles. The van der Waals surface area contributed by atoms with E-state index in [2.05, 4.69) is 37.5 Å². The second kappa shape index (κ2) is 24.5. The molecule has 4 amide bonds. The molecule has 0 spiro atoms. The largest absolute Gasteiger partial charge is 0.417 e. The minimum Gasteiger partial charge on any atom is -0.391 e. The molecule has 3 saturated heterocycles. The number of piperidine rings is 2. The molecule has 16 nitrogen and oxygen atoms in total. The van der Waals surface area contributed by atoms with Crippen LogP contribution in [0.1, 0.15) is 111 Å². The van der Waals surface area contributed by atoms with Gasteiger partial charge < -0.3 is 40.1 Å². The second-order valence-corrected chi connectivity index (χ2v) is 23.3. The summed E-state index contributed by atoms with van der Waals surface area (Å²) in [6, 6.07) is 18.8. The molecule has 0 aliphatic carbocycles. The molecule has 3 aromatic carbocycles. The Labute approximate surface area is 457 Å². The summed E-state index contributed by atoms with van der Waals surface area (Å²) in [4.78, 5) is 67.1. The molecule has 3 fully saturated rings. The number of benzene rings is 3. The molecule has 0 saturated carbocycles. The van der Waals surface area contributed by atoms with Crippen molar-refractivity contribution in [2.24, 2.45) is 11.8 Å². The molecule has 6 atom stereocenters. The lowest BCUT2D eigenvalue weighted by Gasteiger charge is -2.41. The number of hydrogen-bond donors (Lipinski definition) is 4. The highest BCUT2D eigenvalue weighted by atomic mass is 32.2. The van der Waals surface area contributed by atoms with Gasteiger partial charge in [0.05, 0.1) is 74.1 Å². The summed E-state index contributed by atoms with van der Waals surface area (Å²) >= 11 is 1.53. The van der Waals surface area contributed by atoms with Crippen LogP contribution < -0.4 is 10.6 Å². The van der Waals surface area contributed by atoms with Crippen LogP contribution in [-0.4, -0.2) is 125 Å². The Morgan fingerprint density at radius 3 is 2.26 bits per heavy atom. The van der Waals surface area contributed by atoms with Gasteiger partial charge >= 0.3 is 6.18 Å². The first-order valence-electron chi connectivity index (χ1n) is 26.0. The van der Waals surface area contributed by atoms with E-state index in [4.69, 9.17) is 9.78 Å². The Bertz CT molecular complexity index is 3110. The van der Waals surface area contributed by atoms with E-state index >= 15 is 0 Å². The first-order valence-corrected chi connectivity index (χ1v) is 28.2. The number of rotatable bonds is 15. The van der Waals surface area contributed by atoms with Crippen LogP contribution in [-0.2, 0) is 36.2 Å². The quantitative estimate of drug-likeness (QED) is 0.0749. The fraction of sp³-hybridized carbons (Fsp3) is 0.456. The normalized spacial score (nSPS) is 19.5. The molecule has 0 radical (unpaired) electrons. The van der Waals surface area contributed by atoms with E-state index in [1.165, 1.54) is 22.3 Å². The van der Waals surface area contributed by atoms with Crippen molar-refractivity contribution in [1.29, 1.82) is 5.26 Å². The number of alkyl halides is 3. The van der Waals surface area contributed by atoms with Crippen LogP contribution in [0.15, 0.2) is 87.7 Å². The third-order valence-electron chi connectivity index (χ3n) is 14.8. The number of nitrogens with zero attached hydrogens (tertiary/aromatic N) is 6. The van der Waals surface area contributed by atoms with E-state index < -0.39 is 75.4 Å². The Balaban J connectivity index is 0.834. The van der Waals surface area contributed by atoms with E-state index in [1.54, 1.807) is 42.8 Å². The van der Waals surface area contributed by atoms with Crippen LogP contribution in [0.3, 0.4) is 0 Å². The van der Waals surface area contributed by atoms with E-state index in [1.807, 2.05) is 49.9 Å². The minimum atomic E-state index is -4.84. The van der Waals surface area contributed by atoms with Crippen molar-refractivity contribution in [3.63, 3.8) is 0 Å². The molecule has 0 bridgehead atoms. The van der Waals surface area contributed by atoms with Crippen molar-refractivity contribution in [1.82, 2.24) is 30.2 Å². The van der Waals surface area contributed by atoms with Crippen molar-refractivity contribution in [3.8, 4) is 28.4 Å². The lowest BCUT2D eigenvalue weighted by molar-refractivity contribution is -0.141. The van der Waals surface area contributed by atoms with Gasteiger partial charge in [0, 0.05) is 60.2 Å². The van der Waals surface area contributed by atoms with Crippen molar-refractivity contribution < 1.29 is 51.3 Å². The number of likely N-dealkylation sites (tertiary alicyclic amines) is 3. The Morgan fingerprint density at radius 2 is 1.65 bits per heavy atom. The number of anilines is 1. The average Bonchev–Trinajstić information content (AvgIpc) is 4.17. The van der Waals surface area contributed by atoms with Gasteiger partial charge in [-0.15, -0.1) is 11.3 Å².